The van der Waals surface area contributed by atoms with Crippen LogP contribution in [0.1, 0.15) is 50.1 Å². The number of hydrogen-bond donors (Lipinski definition) is 1. The number of nitrogens with zero attached hydrogens (tertiary/aromatic N) is 3. The predicted molar refractivity (Wildman–Crippen MR) is 76.7 cm³/mol. The first-order valence-corrected chi connectivity index (χ1v) is 7.65. The van der Waals surface area contributed by atoms with E-state index < -0.39 is 0 Å². The predicted octanol–water partition coefficient (Wildman–Crippen LogP) is 2.08. The van der Waals surface area contributed by atoms with Crippen LogP contribution in [0, 0.1) is 5.41 Å². The molecule has 1 saturated heterocycles. The van der Waals surface area contributed by atoms with Crippen molar-refractivity contribution >= 4 is 0 Å². The smallest absolute Gasteiger partial charge is 0.0538 e. The summed E-state index contributed by atoms with van der Waals surface area (Å²) in [6, 6.07) is 0.354. The highest BCUT2D eigenvalue weighted by molar-refractivity contribution is 5.12. The third kappa shape index (κ3) is 2.56. The van der Waals surface area contributed by atoms with E-state index in [1.807, 2.05) is 17.9 Å². The molecule has 0 aromatic carbocycles. The van der Waals surface area contributed by atoms with Crippen LogP contribution in [0.25, 0.3) is 0 Å². The molecule has 2 N–H and O–H groups in total. The Balaban J connectivity index is 1.66. The third-order valence-corrected chi connectivity index (χ3v) is 5.30. The van der Waals surface area contributed by atoms with Crippen LogP contribution in [0.5, 0.6) is 0 Å². The molecule has 0 radical (unpaired) electrons. The molecule has 2 aliphatic rings. The van der Waals surface area contributed by atoms with E-state index in [1.54, 1.807) is 0 Å². The van der Waals surface area contributed by atoms with Gasteiger partial charge < -0.3 is 5.73 Å². The Morgan fingerprint density at radius 1 is 1.26 bits per heavy atom. The van der Waals surface area contributed by atoms with Gasteiger partial charge >= 0.3 is 0 Å². The standard InChI is InChI=1S/C15H26N4/c1-18-12-13(11-17-18)14(10-16)19-8-6-15(7-9-19)4-2-3-5-15/h11-12,14H,2-10,16H2,1H3. The van der Waals surface area contributed by atoms with Crippen LogP contribution < -0.4 is 5.73 Å². The average molecular weight is 262 g/mol. The lowest BCUT2D eigenvalue weighted by molar-refractivity contribution is 0.0780. The lowest BCUT2D eigenvalue weighted by atomic mass is 9.76. The van der Waals surface area contributed by atoms with E-state index in [-0.39, 0.29) is 0 Å². The topological polar surface area (TPSA) is 47.1 Å². The van der Waals surface area contributed by atoms with Crippen LogP contribution in [-0.2, 0) is 7.05 Å². The SMILES string of the molecule is Cn1cc(C(CN)N2CCC3(CCCC3)CC2)cn1. The van der Waals surface area contributed by atoms with Crippen molar-refractivity contribution in [1.29, 1.82) is 0 Å². The van der Waals surface area contributed by atoms with Crippen LogP contribution in [0.4, 0.5) is 0 Å². The second-order valence-electron chi connectivity index (χ2n) is 6.44. The van der Waals surface area contributed by atoms with E-state index in [9.17, 15) is 0 Å². The van der Waals surface area contributed by atoms with Gasteiger partial charge in [0.2, 0.25) is 0 Å². The number of aryl methyl sites for hydroxylation is 1. The molecule has 1 aromatic heterocycles. The first kappa shape index (κ1) is 13.1. The number of likely N-dealkylation sites (tertiary alicyclic amines) is 1. The van der Waals surface area contributed by atoms with E-state index in [2.05, 4.69) is 16.2 Å². The zero-order valence-corrected chi connectivity index (χ0v) is 12.0. The van der Waals surface area contributed by atoms with E-state index in [4.69, 9.17) is 5.73 Å². The van der Waals surface area contributed by atoms with Gasteiger partial charge in [-0.05, 0) is 44.2 Å². The van der Waals surface area contributed by atoms with Gasteiger partial charge in [0.15, 0.2) is 0 Å². The minimum absolute atomic E-state index is 0.354. The highest BCUT2D eigenvalue weighted by Crippen LogP contribution is 2.47. The fourth-order valence-electron chi connectivity index (χ4n) is 4.04. The lowest BCUT2D eigenvalue weighted by Gasteiger charge is -2.42. The zero-order valence-electron chi connectivity index (χ0n) is 12.0. The van der Waals surface area contributed by atoms with Crippen molar-refractivity contribution in [3.05, 3.63) is 18.0 Å². The Kier molecular flexibility index (Phi) is 3.63. The van der Waals surface area contributed by atoms with Crippen molar-refractivity contribution in [3.63, 3.8) is 0 Å². The minimum atomic E-state index is 0.354. The maximum absolute atomic E-state index is 6.01. The number of piperidine rings is 1. The number of hydrogen-bond acceptors (Lipinski definition) is 3. The Morgan fingerprint density at radius 3 is 2.47 bits per heavy atom. The summed E-state index contributed by atoms with van der Waals surface area (Å²) in [5, 5.41) is 4.29. The van der Waals surface area contributed by atoms with Crippen molar-refractivity contribution in [2.24, 2.45) is 18.2 Å². The molecule has 1 atom stereocenters. The van der Waals surface area contributed by atoms with E-state index in [0.29, 0.717) is 18.0 Å². The first-order chi connectivity index (χ1) is 9.22. The summed E-state index contributed by atoms with van der Waals surface area (Å²) in [4.78, 5) is 2.57. The van der Waals surface area contributed by atoms with E-state index in [1.165, 1.54) is 57.2 Å². The molecule has 1 spiro atoms. The first-order valence-electron chi connectivity index (χ1n) is 7.65. The van der Waals surface area contributed by atoms with Gasteiger partial charge in [-0.25, -0.2) is 0 Å². The summed E-state index contributed by atoms with van der Waals surface area (Å²) < 4.78 is 1.88. The van der Waals surface area contributed by atoms with Gasteiger partial charge in [-0.2, -0.15) is 5.10 Å². The number of aromatic nitrogens is 2. The van der Waals surface area contributed by atoms with Crippen molar-refractivity contribution in [1.82, 2.24) is 14.7 Å². The van der Waals surface area contributed by atoms with Crippen LogP contribution in [0.15, 0.2) is 12.4 Å². The molecule has 4 heteroatoms. The normalized spacial score (nSPS) is 24.9. The molecule has 4 nitrogen and oxygen atoms in total. The largest absolute Gasteiger partial charge is 0.329 e. The zero-order chi connectivity index (χ0) is 13.3. The summed E-state index contributed by atoms with van der Waals surface area (Å²) >= 11 is 0. The van der Waals surface area contributed by atoms with Crippen LogP contribution in [0.3, 0.4) is 0 Å². The van der Waals surface area contributed by atoms with Crippen molar-refractivity contribution < 1.29 is 0 Å². The molecule has 1 aromatic rings. The number of rotatable bonds is 3. The van der Waals surface area contributed by atoms with Crippen LogP contribution >= 0.6 is 0 Å². The molecule has 0 bridgehead atoms. The average Bonchev–Trinajstić information content (AvgIpc) is 3.03. The maximum atomic E-state index is 6.01. The Bertz CT molecular complexity index is 410. The van der Waals surface area contributed by atoms with Gasteiger partial charge in [-0.15, -0.1) is 0 Å². The van der Waals surface area contributed by atoms with Crippen LogP contribution in [-0.4, -0.2) is 34.3 Å². The molecule has 106 valence electrons. The summed E-state index contributed by atoms with van der Waals surface area (Å²) in [5.74, 6) is 0. The van der Waals surface area contributed by atoms with E-state index in [0.717, 1.165) is 0 Å². The molecule has 3 rings (SSSR count). The summed E-state index contributed by atoms with van der Waals surface area (Å²) in [7, 11) is 1.97. The summed E-state index contributed by atoms with van der Waals surface area (Å²) in [6.07, 6.45) is 12.6. The Hall–Kier alpha value is -0.870. The molecule has 1 unspecified atom stereocenters. The molecule has 19 heavy (non-hydrogen) atoms. The molecular weight excluding hydrogens is 236 g/mol. The van der Waals surface area contributed by atoms with Gasteiger partial charge in [0, 0.05) is 25.4 Å². The van der Waals surface area contributed by atoms with Crippen molar-refractivity contribution in [2.75, 3.05) is 19.6 Å². The molecule has 2 heterocycles. The van der Waals surface area contributed by atoms with Gasteiger partial charge in [-0.3, -0.25) is 9.58 Å². The van der Waals surface area contributed by atoms with Crippen LogP contribution in [0.2, 0.25) is 0 Å². The summed E-state index contributed by atoms with van der Waals surface area (Å²) in [6.45, 7) is 3.10. The molecule has 0 amide bonds. The maximum Gasteiger partial charge on any atom is 0.0538 e. The third-order valence-electron chi connectivity index (χ3n) is 5.30. The van der Waals surface area contributed by atoms with Crippen molar-refractivity contribution in [3.8, 4) is 0 Å². The highest BCUT2D eigenvalue weighted by Gasteiger charge is 2.38. The Labute approximate surface area is 116 Å². The number of nitrogens with two attached hydrogens (primary N) is 1. The van der Waals surface area contributed by atoms with Gasteiger partial charge in [0.1, 0.15) is 0 Å². The lowest BCUT2D eigenvalue weighted by Crippen LogP contribution is -2.43. The van der Waals surface area contributed by atoms with Crippen molar-refractivity contribution in [2.45, 2.75) is 44.6 Å². The second-order valence-corrected chi connectivity index (χ2v) is 6.44. The van der Waals surface area contributed by atoms with Gasteiger partial charge in [0.25, 0.3) is 0 Å². The highest BCUT2D eigenvalue weighted by atomic mass is 15.3. The summed E-state index contributed by atoms with van der Waals surface area (Å²) in [5.41, 5.74) is 7.97. The molecule has 1 aliphatic heterocycles. The Morgan fingerprint density at radius 2 is 1.95 bits per heavy atom. The fourth-order valence-corrected chi connectivity index (χ4v) is 4.04. The fraction of sp³-hybridized carbons (Fsp3) is 0.800. The molecule has 2 fully saturated rings. The molecule has 1 saturated carbocycles. The van der Waals surface area contributed by atoms with Gasteiger partial charge in [0.05, 0.1) is 12.2 Å². The quantitative estimate of drug-likeness (QED) is 0.907. The van der Waals surface area contributed by atoms with E-state index >= 15 is 0 Å². The molecule has 1 aliphatic carbocycles. The second kappa shape index (κ2) is 5.25. The molecular formula is C15H26N4. The monoisotopic (exact) mass is 262 g/mol. The minimum Gasteiger partial charge on any atom is -0.329 e. The van der Waals surface area contributed by atoms with Gasteiger partial charge in [-0.1, -0.05) is 12.8 Å².